The van der Waals surface area contributed by atoms with E-state index < -0.39 is 0 Å². The van der Waals surface area contributed by atoms with Crippen molar-refractivity contribution in [3.05, 3.63) is 18.5 Å². The number of hydrogen-bond acceptors (Lipinski definition) is 4. The van der Waals surface area contributed by atoms with Crippen molar-refractivity contribution in [2.24, 2.45) is 5.92 Å². The van der Waals surface area contributed by atoms with Crippen LogP contribution in [0.3, 0.4) is 0 Å². The van der Waals surface area contributed by atoms with Gasteiger partial charge in [-0.05, 0) is 18.9 Å². The van der Waals surface area contributed by atoms with Crippen LogP contribution in [0.4, 0.5) is 5.95 Å². The molecular weight excluding hydrogens is 190 g/mol. The predicted octanol–water partition coefficient (Wildman–Crippen LogP) is 1.09. The van der Waals surface area contributed by atoms with Gasteiger partial charge < -0.3 is 9.64 Å². The number of rotatable bonds is 2. The summed E-state index contributed by atoms with van der Waals surface area (Å²) in [5, 5.41) is 0. The van der Waals surface area contributed by atoms with Gasteiger partial charge >= 0.3 is 0 Å². The Labute approximate surface area is 89.3 Å². The molecule has 2 aliphatic rings. The molecule has 3 atom stereocenters. The van der Waals surface area contributed by atoms with Gasteiger partial charge in [0.05, 0.1) is 12.1 Å². The number of anilines is 1. The summed E-state index contributed by atoms with van der Waals surface area (Å²) in [5.74, 6) is 1.52. The van der Waals surface area contributed by atoms with E-state index in [0.717, 1.165) is 12.5 Å². The monoisotopic (exact) mass is 205 g/mol. The van der Waals surface area contributed by atoms with Gasteiger partial charge in [0.2, 0.25) is 5.95 Å². The molecule has 0 amide bonds. The van der Waals surface area contributed by atoms with Crippen molar-refractivity contribution in [2.75, 3.05) is 18.6 Å². The maximum absolute atomic E-state index is 5.55. The summed E-state index contributed by atoms with van der Waals surface area (Å²) in [7, 11) is 1.81. The Kier molecular flexibility index (Phi) is 2.09. The molecule has 1 aromatic rings. The van der Waals surface area contributed by atoms with Crippen LogP contribution in [0.5, 0.6) is 0 Å². The minimum atomic E-state index is 0.383. The molecule has 2 fully saturated rings. The Morgan fingerprint density at radius 1 is 1.33 bits per heavy atom. The first-order valence-corrected chi connectivity index (χ1v) is 5.46. The third kappa shape index (κ3) is 1.32. The Balaban J connectivity index is 1.86. The molecule has 1 saturated carbocycles. The van der Waals surface area contributed by atoms with E-state index in [1.54, 1.807) is 12.4 Å². The van der Waals surface area contributed by atoms with E-state index >= 15 is 0 Å². The zero-order chi connectivity index (χ0) is 10.3. The van der Waals surface area contributed by atoms with Gasteiger partial charge in [-0.2, -0.15) is 0 Å². The SMILES string of the molecule is CO[C@H]1[C@H]2CC[C@H]1N(c1ncccn1)C2. The van der Waals surface area contributed by atoms with E-state index in [4.69, 9.17) is 4.74 Å². The predicted molar refractivity (Wildman–Crippen MR) is 56.7 cm³/mol. The average Bonchev–Trinajstić information content (AvgIpc) is 2.86. The highest BCUT2D eigenvalue weighted by Gasteiger charge is 2.47. The first-order valence-electron chi connectivity index (χ1n) is 5.46. The van der Waals surface area contributed by atoms with E-state index in [-0.39, 0.29) is 0 Å². The fourth-order valence-corrected chi connectivity index (χ4v) is 2.96. The molecule has 2 bridgehead atoms. The molecule has 3 rings (SSSR count). The number of piperidine rings is 1. The minimum absolute atomic E-state index is 0.383. The molecule has 0 unspecified atom stereocenters. The Bertz CT molecular complexity index is 343. The van der Waals surface area contributed by atoms with Crippen molar-refractivity contribution in [2.45, 2.75) is 25.0 Å². The lowest BCUT2D eigenvalue weighted by Gasteiger charge is -2.26. The zero-order valence-electron chi connectivity index (χ0n) is 8.84. The second-order valence-electron chi connectivity index (χ2n) is 4.31. The largest absolute Gasteiger partial charge is 0.379 e. The lowest BCUT2D eigenvalue weighted by Crippen LogP contribution is -2.36. The van der Waals surface area contributed by atoms with Crippen LogP contribution in [-0.2, 0) is 4.74 Å². The molecular formula is C11H15N3O. The van der Waals surface area contributed by atoms with Crippen LogP contribution in [0.25, 0.3) is 0 Å². The van der Waals surface area contributed by atoms with Crippen LogP contribution >= 0.6 is 0 Å². The lowest BCUT2D eigenvalue weighted by atomic mass is 10.1. The van der Waals surface area contributed by atoms with Crippen molar-refractivity contribution in [1.29, 1.82) is 0 Å². The standard InChI is InChI=1S/C11H15N3O/c1-15-10-8-3-4-9(10)14(7-8)11-12-5-2-6-13-11/h2,5-6,8-10H,3-4,7H2,1H3/t8-,9+,10-/m0/s1. The zero-order valence-corrected chi connectivity index (χ0v) is 8.84. The molecule has 0 spiro atoms. The van der Waals surface area contributed by atoms with Gasteiger partial charge in [-0.1, -0.05) is 0 Å². The van der Waals surface area contributed by atoms with Gasteiger partial charge in [0.15, 0.2) is 0 Å². The number of hydrogen-bond donors (Lipinski definition) is 0. The second kappa shape index (κ2) is 3.45. The van der Waals surface area contributed by atoms with Crippen molar-refractivity contribution in [1.82, 2.24) is 9.97 Å². The van der Waals surface area contributed by atoms with E-state index in [0.29, 0.717) is 18.1 Å². The van der Waals surface area contributed by atoms with Crippen LogP contribution in [0.2, 0.25) is 0 Å². The van der Waals surface area contributed by atoms with Gasteiger partial charge in [0.25, 0.3) is 0 Å². The number of aromatic nitrogens is 2. The van der Waals surface area contributed by atoms with E-state index in [9.17, 15) is 0 Å². The molecule has 4 heteroatoms. The number of methoxy groups -OCH3 is 1. The van der Waals surface area contributed by atoms with Crippen molar-refractivity contribution >= 4 is 5.95 Å². The third-order valence-electron chi connectivity index (χ3n) is 3.59. The molecule has 4 nitrogen and oxygen atoms in total. The molecule has 0 aromatic carbocycles. The first kappa shape index (κ1) is 9.09. The topological polar surface area (TPSA) is 38.2 Å². The summed E-state index contributed by atoms with van der Waals surface area (Å²) in [6.07, 6.45) is 6.48. The highest BCUT2D eigenvalue weighted by molar-refractivity contribution is 5.36. The van der Waals surface area contributed by atoms with Crippen LogP contribution < -0.4 is 4.90 Å². The Morgan fingerprint density at radius 3 is 2.80 bits per heavy atom. The summed E-state index contributed by atoms with van der Waals surface area (Å²) in [6.45, 7) is 1.05. The highest BCUT2D eigenvalue weighted by atomic mass is 16.5. The summed E-state index contributed by atoms with van der Waals surface area (Å²) in [6, 6.07) is 2.34. The number of ether oxygens (including phenoxy) is 1. The molecule has 15 heavy (non-hydrogen) atoms. The van der Waals surface area contributed by atoms with Gasteiger partial charge in [0.1, 0.15) is 0 Å². The lowest BCUT2D eigenvalue weighted by molar-refractivity contribution is 0.0853. The summed E-state index contributed by atoms with van der Waals surface area (Å²) in [4.78, 5) is 10.9. The van der Waals surface area contributed by atoms with Crippen molar-refractivity contribution in [3.63, 3.8) is 0 Å². The molecule has 1 aliphatic carbocycles. The number of nitrogens with zero attached hydrogens (tertiary/aromatic N) is 3. The van der Waals surface area contributed by atoms with Crippen molar-refractivity contribution < 1.29 is 4.74 Å². The van der Waals surface area contributed by atoms with Crippen LogP contribution in [0.1, 0.15) is 12.8 Å². The Hall–Kier alpha value is -1.16. The number of fused-ring (bicyclic) bond motifs is 2. The van der Waals surface area contributed by atoms with E-state index in [2.05, 4.69) is 14.9 Å². The first-order chi connectivity index (χ1) is 7.40. The Morgan fingerprint density at radius 2 is 2.13 bits per heavy atom. The van der Waals surface area contributed by atoms with Crippen LogP contribution in [-0.4, -0.2) is 35.8 Å². The van der Waals surface area contributed by atoms with Crippen molar-refractivity contribution in [3.8, 4) is 0 Å². The minimum Gasteiger partial charge on any atom is -0.379 e. The summed E-state index contributed by atoms with van der Waals surface area (Å²) in [5.41, 5.74) is 0. The van der Waals surface area contributed by atoms with Gasteiger partial charge in [-0.25, -0.2) is 9.97 Å². The molecule has 80 valence electrons. The maximum Gasteiger partial charge on any atom is 0.225 e. The molecule has 1 saturated heterocycles. The fourth-order valence-electron chi connectivity index (χ4n) is 2.96. The molecule has 1 aromatic heterocycles. The fraction of sp³-hybridized carbons (Fsp3) is 0.636. The summed E-state index contributed by atoms with van der Waals surface area (Å²) < 4.78 is 5.55. The van der Waals surface area contributed by atoms with Crippen LogP contribution in [0, 0.1) is 5.92 Å². The third-order valence-corrected chi connectivity index (χ3v) is 3.59. The normalized spacial score (nSPS) is 33.7. The molecule has 0 N–H and O–H groups in total. The van der Waals surface area contributed by atoms with Gasteiger partial charge in [-0.15, -0.1) is 0 Å². The molecule has 0 radical (unpaired) electrons. The maximum atomic E-state index is 5.55. The quantitative estimate of drug-likeness (QED) is 0.724. The van der Waals surface area contributed by atoms with E-state index in [1.807, 2.05) is 13.2 Å². The van der Waals surface area contributed by atoms with Gasteiger partial charge in [-0.3, -0.25) is 0 Å². The second-order valence-corrected chi connectivity index (χ2v) is 4.31. The van der Waals surface area contributed by atoms with Gasteiger partial charge in [0, 0.05) is 32.0 Å². The van der Waals surface area contributed by atoms with Crippen LogP contribution in [0.15, 0.2) is 18.5 Å². The summed E-state index contributed by atoms with van der Waals surface area (Å²) >= 11 is 0. The average molecular weight is 205 g/mol. The highest BCUT2D eigenvalue weighted by Crippen LogP contribution is 2.40. The van der Waals surface area contributed by atoms with E-state index in [1.165, 1.54) is 12.8 Å². The molecule has 2 heterocycles. The smallest absolute Gasteiger partial charge is 0.225 e. The molecule has 1 aliphatic heterocycles.